The van der Waals surface area contributed by atoms with Crippen LogP contribution in [-0.4, -0.2) is 44.5 Å². The summed E-state index contributed by atoms with van der Waals surface area (Å²) >= 11 is 0. The van der Waals surface area contributed by atoms with Crippen molar-refractivity contribution in [2.45, 2.75) is 26.0 Å². The number of carbonyl (C=O) groups is 2. The van der Waals surface area contributed by atoms with Gasteiger partial charge in [0, 0.05) is 0 Å². The number of ether oxygens (including phenoxy) is 4. The fraction of sp³-hybridized carbons (Fsp3) is 0.304. The predicted molar refractivity (Wildman–Crippen MR) is 117 cm³/mol. The first-order valence-electron chi connectivity index (χ1n) is 9.91. The van der Waals surface area contributed by atoms with Crippen LogP contribution in [0.3, 0.4) is 0 Å². The first kappa shape index (κ1) is 22.8. The molecule has 1 unspecified atom stereocenters. The molecule has 3 rings (SSSR count). The molecule has 2 amide bonds. The zero-order chi connectivity index (χ0) is 23.4. The van der Waals surface area contributed by atoms with E-state index in [1.807, 2.05) is 0 Å². The highest BCUT2D eigenvalue weighted by Crippen LogP contribution is 2.41. The van der Waals surface area contributed by atoms with Gasteiger partial charge in [0.25, 0.3) is 0 Å². The Morgan fingerprint density at radius 1 is 1.00 bits per heavy atom. The second-order valence-corrected chi connectivity index (χ2v) is 7.28. The van der Waals surface area contributed by atoms with E-state index in [1.165, 1.54) is 26.4 Å². The number of carbonyl (C=O) groups excluding carboxylic acids is 2. The highest BCUT2D eigenvalue weighted by Gasteiger charge is 2.35. The molecule has 2 aromatic rings. The number of amides is 2. The van der Waals surface area contributed by atoms with Crippen molar-refractivity contribution in [2.24, 2.45) is 0 Å². The summed E-state index contributed by atoms with van der Waals surface area (Å²) in [5.74, 6) is 0.105. The van der Waals surface area contributed by atoms with Gasteiger partial charge in [-0.15, -0.1) is 0 Å². The Kier molecular flexibility index (Phi) is 6.77. The van der Waals surface area contributed by atoms with Gasteiger partial charge >= 0.3 is 12.0 Å². The Balaban J connectivity index is 2.23. The van der Waals surface area contributed by atoms with Crippen molar-refractivity contribution in [3.63, 3.8) is 0 Å². The number of hydrogen-bond acceptors (Lipinski definition) is 7. The highest BCUT2D eigenvalue weighted by atomic mass is 16.5. The van der Waals surface area contributed by atoms with Crippen molar-refractivity contribution in [3.8, 4) is 23.0 Å². The van der Waals surface area contributed by atoms with E-state index in [1.54, 1.807) is 45.2 Å². The molecule has 0 saturated carbocycles. The summed E-state index contributed by atoms with van der Waals surface area (Å²) in [7, 11) is 4.34. The summed E-state index contributed by atoms with van der Waals surface area (Å²) in [5, 5.41) is 15.7. The number of nitrogens with one attached hydrogen (secondary N) is 2. The van der Waals surface area contributed by atoms with Gasteiger partial charge in [-0.1, -0.05) is 0 Å². The molecule has 3 N–H and O–H groups in total. The summed E-state index contributed by atoms with van der Waals surface area (Å²) in [6.07, 6.45) is -0.380. The van der Waals surface area contributed by atoms with E-state index in [4.69, 9.17) is 18.9 Å². The molecule has 0 radical (unpaired) electrons. The molecule has 0 fully saturated rings. The Morgan fingerprint density at radius 3 is 2.09 bits per heavy atom. The van der Waals surface area contributed by atoms with Crippen LogP contribution in [0.25, 0.3) is 5.70 Å². The number of urea groups is 1. The molecule has 0 bridgehead atoms. The second kappa shape index (κ2) is 9.51. The molecular weight excluding hydrogens is 416 g/mol. The molecule has 2 aromatic carbocycles. The fourth-order valence-corrected chi connectivity index (χ4v) is 3.38. The number of phenols is 1. The topological polar surface area (TPSA) is 115 Å². The second-order valence-electron chi connectivity index (χ2n) is 7.28. The normalized spacial score (nSPS) is 15.7. The number of hydrogen-bond donors (Lipinski definition) is 3. The monoisotopic (exact) mass is 442 g/mol. The smallest absolute Gasteiger partial charge is 0.338 e. The van der Waals surface area contributed by atoms with Crippen LogP contribution in [0.5, 0.6) is 23.0 Å². The van der Waals surface area contributed by atoms with Crippen LogP contribution in [0.1, 0.15) is 31.0 Å². The van der Waals surface area contributed by atoms with Crippen LogP contribution in [0.2, 0.25) is 0 Å². The summed E-state index contributed by atoms with van der Waals surface area (Å²) in [6.45, 7) is 3.48. The van der Waals surface area contributed by atoms with E-state index in [9.17, 15) is 14.7 Å². The lowest BCUT2D eigenvalue weighted by Crippen LogP contribution is -2.45. The standard InChI is InChI=1S/C23H26N2O7/c1-12(2)32-22(27)18-19(13-6-8-15(29-3)9-7-13)24-23(28)25-20(18)14-10-16(30-4)21(26)17(11-14)31-5/h6-12,20,26H,1-5H3,(H2,24,25,28). The van der Waals surface area contributed by atoms with E-state index in [-0.39, 0.29) is 28.9 Å². The van der Waals surface area contributed by atoms with Crippen molar-refractivity contribution in [1.82, 2.24) is 10.6 Å². The summed E-state index contributed by atoms with van der Waals surface area (Å²) < 4.78 is 21.2. The molecule has 1 aliphatic rings. The summed E-state index contributed by atoms with van der Waals surface area (Å²) in [4.78, 5) is 25.7. The maximum atomic E-state index is 13.2. The predicted octanol–water partition coefficient (Wildman–Crippen LogP) is 3.13. The molecule has 32 heavy (non-hydrogen) atoms. The third-order valence-corrected chi connectivity index (χ3v) is 4.85. The van der Waals surface area contributed by atoms with Crippen molar-refractivity contribution < 1.29 is 33.6 Å². The first-order valence-corrected chi connectivity index (χ1v) is 9.91. The lowest BCUT2D eigenvalue weighted by molar-refractivity contribution is -0.143. The Hall–Kier alpha value is -3.88. The van der Waals surface area contributed by atoms with Gasteiger partial charge in [0.1, 0.15) is 5.75 Å². The van der Waals surface area contributed by atoms with Gasteiger partial charge in [0.2, 0.25) is 5.75 Å². The number of benzene rings is 2. The zero-order valence-corrected chi connectivity index (χ0v) is 18.5. The fourth-order valence-electron chi connectivity index (χ4n) is 3.38. The van der Waals surface area contributed by atoms with Gasteiger partial charge in [0.05, 0.1) is 44.7 Å². The van der Waals surface area contributed by atoms with Crippen LogP contribution in [-0.2, 0) is 9.53 Å². The number of esters is 1. The lowest BCUT2D eigenvalue weighted by Gasteiger charge is -2.30. The molecule has 0 aliphatic carbocycles. The number of methoxy groups -OCH3 is 3. The number of aromatic hydroxyl groups is 1. The lowest BCUT2D eigenvalue weighted by atomic mass is 9.92. The molecule has 1 atom stereocenters. The molecule has 0 saturated heterocycles. The van der Waals surface area contributed by atoms with Crippen molar-refractivity contribution in [3.05, 3.63) is 53.1 Å². The highest BCUT2D eigenvalue weighted by molar-refractivity contribution is 6.04. The Bertz CT molecular complexity index is 1020. The van der Waals surface area contributed by atoms with Crippen molar-refractivity contribution in [2.75, 3.05) is 21.3 Å². The minimum absolute atomic E-state index is 0.134. The number of phenolic OH excluding ortho intramolecular Hbond substituents is 1. The van der Waals surface area contributed by atoms with Crippen LogP contribution in [0.15, 0.2) is 42.0 Å². The van der Waals surface area contributed by atoms with Crippen LogP contribution in [0, 0.1) is 0 Å². The first-order chi connectivity index (χ1) is 15.3. The molecule has 1 aliphatic heterocycles. The van der Waals surface area contributed by atoms with Crippen molar-refractivity contribution >= 4 is 17.7 Å². The minimum atomic E-state index is -0.893. The minimum Gasteiger partial charge on any atom is -0.502 e. The van der Waals surface area contributed by atoms with Gasteiger partial charge in [-0.3, -0.25) is 0 Å². The van der Waals surface area contributed by atoms with E-state index in [0.29, 0.717) is 22.6 Å². The summed E-state index contributed by atoms with van der Waals surface area (Å²) in [6, 6.07) is 8.58. The molecule has 170 valence electrons. The zero-order valence-electron chi connectivity index (χ0n) is 18.5. The molecule has 1 heterocycles. The third kappa shape index (κ3) is 4.56. The van der Waals surface area contributed by atoms with Crippen LogP contribution in [0.4, 0.5) is 4.79 Å². The van der Waals surface area contributed by atoms with Gasteiger partial charge in [-0.2, -0.15) is 0 Å². The third-order valence-electron chi connectivity index (χ3n) is 4.85. The largest absolute Gasteiger partial charge is 0.502 e. The maximum Gasteiger partial charge on any atom is 0.338 e. The van der Waals surface area contributed by atoms with E-state index in [0.717, 1.165) is 0 Å². The van der Waals surface area contributed by atoms with Crippen LogP contribution >= 0.6 is 0 Å². The quantitative estimate of drug-likeness (QED) is 0.564. The number of rotatable bonds is 7. The van der Waals surface area contributed by atoms with Crippen LogP contribution < -0.4 is 24.8 Å². The van der Waals surface area contributed by atoms with E-state index < -0.39 is 18.0 Å². The van der Waals surface area contributed by atoms with Gasteiger partial charge in [-0.05, 0) is 61.4 Å². The van der Waals surface area contributed by atoms with E-state index >= 15 is 0 Å². The van der Waals surface area contributed by atoms with E-state index in [2.05, 4.69) is 10.6 Å². The molecular formula is C23H26N2O7. The molecule has 0 spiro atoms. The van der Waals surface area contributed by atoms with Gasteiger partial charge < -0.3 is 34.7 Å². The average Bonchev–Trinajstić information content (AvgIpc) is 2.78. The molecule has 0 aromatic heterocycles. The van der Waals surface area contributed by atoms with Gasteiger partial charge in [-0.25, -0.2) is 9.59 Å². The Labute approximate surface area is 185 Å². The maximum absolute atomic E-state index is 13.2. The van der Waals surface area contributed by atoms with Crippen molar-refractivity contribution in [1.29, 1.82) is 0 Å². The molecule has 9 heteroatoms. The van der Waals surface area contributed by atoms with Gasteiger partial charge in [0.15, 0.2) is 11.5 Å². The molecule has 9 nitrogen and oxygen atoms in total. The Morgan fingerprint density at radius 2 is 1.59 bits per heavy atom. The summed E-state index contributed by atoms with van der Waals surface area (Å²) in [5.41, 5.74) is 1.56. The average molecular weight is 442 g/mol. The SMILES string of the molecule is COc1ccc(C2=C(C(=O)OC(C)C)C(c3cc(OC)c(O)c(OC)c3)NC(=O)N2)cc1.